The number of amides is 1. The zero-order valence-electron chi connectivity index (χ0n) is 14.5. The van der Waals surface area contributed by atoms with Crippen LogP contribution in [0.25, 0.3) is 0 Å². The molecule has 0 aliphatic carbocycles. The van der Waals surface area contributed by atoms with Crippen LogP contribution in [0.4, 0.5) is 5.69 Å². The number of carbonyl (C=O) groups excluding carboxylic acids is 1. The van der Waals surface area contributed by atoms with Gasteiger partial charge < -0.3 is 10.1 Å². The number of hydrogen-bond donors (Lipinski definition) is 2. The Hall–Kier alpha value is -2.82. The Kier molecular flexibility index (Phi) is 5.95. The number of rotatable bonds is 6. The topological polar surface area (TPSA) is 62.7 Å². The largest absolute Gasteiger partial charge is 0.497 e. The number of hydrazone groups is 1. The fourth-order valence-corrected chi connectivity index (χ4v) is 2.11. The van der Waals surface area contributed by atoms with Gasteiger partial charge >= 0.3 is 0 Å². The molecule has 0 radical (unpaired) electrons. The molecule has 1 amide bonds. The molecule has 2 aromatic carbocycles. The van der Waals surface area contributed by atoms with E-state index in [-0.39, 0.29) is 12.5 Å². The number of nitrogens with one attached hydrogen (secondary N) is 2. The second-order valence-corrected chi connectivity index (χ2v) is 5.61. The molecule has 0 unspecified atom stereocenters. The van der Waals surface area contributed by atoms with Gasteiger partial charge in [0.2, 0.25) is 0 Å². The summed E-state index contributed by atoms with van der Waals surface area (Å²) in [4.78, 5) is 11.9. The van der Waals surface area contributed by atoms with Gasteiger partial charge in [-0.1, -0.05) is 12.1 Å². The van der Waals surface area contributed by atoms with Crippen molar-refractivity contribution in [2.75, 3.05) is 19.0 Å². The quantitative estimate of drug-likeness (QED) is 0.633. The summed E-state index contributed by atoms with van der Waals surface area (Å²) in [6.45, 7) is 6.15. The van der Waals surface area contributed by atoms with Crippen molar-refractivity contribution in [1.82, 2.24) is 5.43 Å². The first-order valence-electron chi connectivity index (χ1n) is 7.78. The lowest BCUT2D eigenvalue weighted by Gasteiger charge is -2.08. The Morgan fingerprint density at radius 2 is 1.79 bits per heavy atom. The molecule has 5 nitrogen and oxygen atoms in total. The van der Waals surface area contributed by atoms with E-state index >= 15 is 0 Å². The van der Waals surface area contributed by atoms with Gasteiger partial charge in [-0.2, -0.15) is 5.10 Å². The Labute approximate surface area is 142 Å². The van der Waals surface area contributed by atoms with E-state index in [1.807, 2.05) is 37.3 Å². The van der Waals surface area contributed by atoms with Crippen LogP contribution in [0, 0.1) is 13.8 Å². The minimum atomic E-state index is -0.200. The minimum Gasteiger partial charge on any atom is -0.497 e. The maximum atomic E-state index is 11.9. The monoisotopic (exact) mass is 325 g/mol. The molecule has 0 spiro atoms. The highest BCUT2D eigenvalue weighted by molar-refractivity contribution is 5.99. The third kappa shape index (κ3) is 4.84. The molecule has 5 heteroatoms. The molecule has 24 heavy (non-hydrogen) atoms. The van der Waals surface area contributed by atoms with Crippen molar-refractivity contribution in [3.05, 3.63) is 59.2 Å². The molecule has 0 aliphatic rings. The van der Waals surface area contributed by atoms with Crippen LogP contribution in [0.2, 0.25) is 0 Å². The van der Waals surface area contributed by atoms with Crippen LogP contribution in [-0.4, -0.2) is 25.3 Å². The van der Waals surface area contributed by atoms with Crippen molar-refractivity contribution < 1.29 is 9.53 Å². The zero-order chi connectivity index (χ0) is 17.5. The first-order chi connectivity index (χ1) is 11.5. The minimum absolute atomic E-state index is 0.149. The van der Waals surface area contributed by atoms with E-state index in [0.717, 1.165) is 22.7 Å². The highest BCUT2D eigenvalue weighted by atomic mass is 16.5. The number of nitrogens with zero attached hydrogens (tertiary/aromatic N) is 1. The van der Waals surface area contributed by atoms with Crippen molar-refractivity contribution >= 4 is 17.3 Å². The van der Waals surface area contributed by atoms with E-state index in [1.54, 1.807) is 7.11 Å². The van der Waals surface area contributed by atoms with E-state index < -0.39 is 0 Å². The van der Waals surface area contributed by atoms with E-state index in [9.17, 15) is 4.79 Å². The Morgan fingerprint density at radius 1 is 1.08 bits per heavy atom. The molecule has 0 heterocycles. The summed E-state index contributed by atoms with van der Waals surface area (Å²) in [7, 11) is 1.62. The lowest BCUT2D eigenvalue weighted by molar-refractivity contribution is -0.119. The SMILES string of the molecule is COc1ccc(NCC(=O)N/N=C(\C)c2ccc(C)c(C)c2)cc1. The second-order valence-electron chi connectivity index (χ2n) is 5.61. The number of hydrogen-bond acceptors (Lipinski definition) is 4. The third-order valence-electron chi connectivity index (χ3n) is 3.82. The highest BCUT2D eigenvalue weighted by Crippen LogP contribution is 2.14. The number of ether oxygens (including phenoxy) is 1. The first-order valence-corrected chi connectivity index (χ1v) is 7.78. The lowest BCUT2D eigenvalue weighted by Crippen LogP contribution is -2.26. The Bertz CT molecular complexity index is 737. The van der Waals surface area contributed by atoms with Gasteiger partial charge in [0.25, 0.3) is 5.91 Å². The number of anilines is 1. The number of benzene rings is 2. The molecule has 0 saturated carbocycles. The smallest absolute Gasteiger partial charge is 0.259 e. The van der Waals surface area contributed by atoms with Gasteiger partial charge in [0.15, 0.2) is 0 Å². The molecule has 2 aromatic rings. The molecular formula is C19H23N3O2. The van der Waals surface area contributed by atoms with Crippen molar-refractivity contribution in [2.45, 2.75) is 20.8 Å². The van der Waals surface area contributed by atoms with Crippen LogP contribution in [-0.2, 0) is 4.79 Å². The molecule has 0 aromatic heterocycles. The van der Waals surface area contributed by atoms with Gasteiger partial charge in [0.05, 0.1) is 19.4 Å². The summed E-state index contributed by atoms with van der Waals surface area (Å²) < 4.78 is 5.09. The van der Waals surface area contributed by atoms with Gasteiger partial charge in [-0.25, -0.2) is 5.43 Å². The number of methoxy groups -OCH3 is 1. The maximum Gasteiger partial charge on any atom is 0.259 e. The van der Waals surface area contributed by atoms with E-state index in [1.165, 1.54) is 11.1 Å². The molecule has 0 saturated heterocycles. The zero-order valence-corrected chi connectivity index (χ0v) is 14.5. The summed E-state index contributed by atoms with van der Waals surface area (Å²) in [5.74, 6) is 0.576. The van der Waals surface area contributed by atoms with E-state index in [2.05, 4.69) is 41.8 Å². The summed E-state index contributed by atoms with van der Waals surface area (Å²) in [6.07, 6.45) is 0. The molecule has 0 fully saturated rings. The summed E-state index contributed by atoms with van der Waals surface area (Å²) >= 11 is 0. The average molecular weight is 325 g/mol. The van der Waals surface area contributed by atoms with Crippen LogP contribution in [0.15, 0.2) is 47.6 Å². The maximum absolute atomic E-state index is 11.9. The fraction of sp³-hybridized carbons (Fsp3) is 0.263. The van der Waals surface area contributed by atoms with E-state index in [4.69, 9.17) is 4.74 Å². The molecule has 126 valence electrons. The van der Waals surface area contributed by atoms with Crippen molar-refractivity contribution in [3.8, 4) is 5.75 Å². The lowest BCUT2D eigenvalue weighted by atomic mass is 10.0. The molecule has 2 N–H and O–H groups in total. The Balaban J connectivity index is 1.87. The van der Waals surface area contributed by atoms with Crippen LogP contribution < -0.4 is 15.5 Å². The van der Waals surface area contributed by atoms with Gasteiger partial charge in [-0.05, 0) is 67.8 Å². The van der Waals surface area contributed by atoms with Crippen LogP contribution >= 0.6 is 0 Å². The van der Waals surface area contributed by atoms with Crippen LogP contribution in [0.5, 0.6) is 5.75 Å². The van der Waals surface area contributed by atoms with Gasteiger partial charge in [-0.3, -0.25) is 4.79 Å². The van der Waals surface area contributed by atoms with Gasteiger partial charge in [-0.15, -0.1) is 0 Å². The molecule has 2 rings (SSSR count). The van der Waals surface area contributed by atoms with E-state index in [0.29, 0.717) is 0 Å². The Morgan fingerprint density at radius 3 is 2.42 bits per heavy atom. The van der Waals surface area contributed by atoms with Crippen molar-refractivity contribution in [3.63, 3.8) is 0 Å². The van der Waals surface area contributed by atoms with Crippen LogP contribution in [0.3, 0.4) is 0 Å². The van der Waals surface area contributed by atoms with Gasteiger partial charge in [0, 0.05) is 5.69 Å². The second kappa shape index (κ2) is 8.15. The summed E-state index contributed by atoms with van der Waals surface area (Å²) in [6, 6.07) is 13.5. The highest BCUT2D eigenvalue weighted by Gasteiger charge is 2.03. The van der Waals surface area contributed by atoms with Crippen molar-refractivity contribution in [2.24, 2.45) is 5.10 Å². The third-order valence-corrected chi connectivity index (χ3v) is 3.82. The average Bonchev–Trinajstić information content (AvgIpc) is 2.60. The normalized spacial score (nSPS) is 11.1. The summed E-state index contributed by atoms with van der Waals surface area (Å²) in [5.41, 5.74) is 7.63. The van der Waals surface area contributed by atoms with Crippen LogP contribution in [0.1, 0.15) is 23.6 Å². The first kappa shape index (κ1) is 17.5. The molecule has 0 aliphatic heterocycles. The molecule has 0 atom stereocenters. The predicted octanol–water partition coefficient (Wildman–Crippen LogP) is 3.26. The number of carbonyl (C=O) groups is 1. The fourth-order valence-electron chi connectivity index (χ4n) is 2.11. The number of aryl methyl sites for hydroxylation is 2. The molecular weight excluding hydrogens is 302 g/mol. The van der Waals surface area contributed by atoms with Crippen molar-refractivity contribution in [1.29, 1.82) is 0 Å². The molecule has 0 bridgehead atoms. The van der Waals surface area contributed by atoms with Gasteiger partial charge in [0.1, 0.15) is 5.75 Å². The predicted molar refractivity (Wildman–Crippen MR) is 97.8 cm³/mol. The standard InChI is InChI=1S/C19H23N3O2/c1-13-5-6-16(11-14(13)2)15(3)21-22-19(23)12-20-17-7-9-18(24-4)10-8-17/h5-11,20H,12H2,1-4H3,(H,22,23)/b21-15+. The summed E-state index contributed by atoms with van der Waals surface area (Å²) in [5, 5.41) is 7.20.